The minimum atomic E-state index is -0.385. The number of hydrogen-bond donors (Lipinski definition) is 1. The Morgan fingerprint density at radius 1 is 1.21 bits per heavy atom. The summed E-state index contributed by atoms with van der Waals surface area (Å²) in [5.41, 5.74) is 4.07. The van der Waals surface area contributed by atoms with E-state index < -0.39 is 0 Å². The lowest BCUT2D eigenvalue weighted by Gasteiger charge is -2.11. The zero-order valence-corrected chi connectivity index (χ0v) is 13.1. The molecule has 1 N–H and O–H groups in total. The van der Waals surface area contributed by atoms with Crippen molar-refractivity contribution in [3.05, 3.63) is 62.3 Å². The summed E-state index contributed by atoms with van der Waals surface area (Å²) in [4.78, 5) is 0. The Hall–Kier alpha value is -1.06. The second-order valence-electron chi connectivity index (χ2n) is 4.49. The van der Waals surface area contributed by atoms with E-state index in [9.17, 15) is 4.39 Å². The fourth-order valence-corrected chi connectivity index (χ4v) is 2.35. The van der Waals surface area contributed by atoms with Crippen LogP contribution in [0.1, 0.15) is 16.7 Å². The quantitative estimate of drug-likeness (QED) is 0.780. The summed E-state index contributed by atoms with van der Waals surface area (Å²) in [6, 6.07) is 8.93. The standard InChI is InChI=1S/C15H14BrClFN/c1-9-6-12(7-10(2)14(9)16)19-8-11-4-3-5-13(18)15(11)17/h3-7,19H,8H2,1-2H3. The third-order valence-electron chi connectivity index (χ3n) is 2.95. The van der Waals surface area contributed by atoms with Crippen LogP contribution < -0.4 is 5.32 Å². The summed E-state index contributed by atoms with van der Waals surface area (Å²) < 4.78 is 14.4. The molecule has 0 heterocycles. The lowest BCUT2D eigenvalue weighted by molar-refractivity contribution is 0.626. The van der Waals surface area contributed by atoms with Gasteiger partial charge in [0.15, 0.2) is 0 Å². The summed E-state index contributed by atoms with van der Waals surface area (Å²) in [6.07, 6.45) is 0. The SMILES string of the molecule is Cc1cc(NCc2cccc(F)c2Cl)cc(C)c1Br. The molecular weight excluding hydrogens is 329 g/mol. The van der Waals surface area contributed by atoms with Gasteiger partial charge in [0, 0.05) is 16.7 Å². The van der Waals surface area contributed by atoms with Gasteiger partial charge < -0.3 is 5.32 Å². The molecule has 0 radical (unpaired) electrons. The van der Waals surface area contributed by atoms with E-state index in [0.717, 1.165) is 26.9 Å². The predicted octanol–water partition coefficient (Wildman–Crippen LogP) is 5.47. The predicted molar refractivity (Wildman–Crippen MR) is 82.4 cm³/mol. The Labute approximate surface area is 125 Å². The maximum absolute atomic E-state index is 13.3. The molecule has 0 saturated heterocycles. The highest BCUT2D eigenvalue weighted by Crippen LogP contribution is 2.26. The van der Waals surface area contributed by atoms with Crippen molar-refractivity contribution in [2.45, 2.75) is 20.4 Å². The molecule has 2 aromatic rings. The van der Waals surface area contributed by atoms with E-state index in [1.165, 1.54) is 6.07 Å². The number of benzene rings is 2. The molecule has 0 aliphatic rings. The van der Waals surface area contributed by atoms with Crippen molar-refractivity contribution in [3.63, 3.8) is 0 Å². The first-order chi connectivity index (χ1) is 8.99. The smallest absolute Gasteiger partial charge is 0.142 e. The molecule has 0 unspecified atom stereocenters. The lowest BCUT2D eigenvalue weighted by Crippen LogP contribution is -2.01. The second-order valence-corrected chi connectivity index (χ2v) is 5.66. The number of halogens is 3. The van der Waals surface area contributed by atoms with Gasteiger partial charge in [-0.25, -0.2) is 4.39 Å². The number of anilines is 1. The zero-order chi connectivity index (χ0) is 14.0. The van der Waals surface area contributed by atoms with Crippen LogP contribution in [0.5, 0.6) is 0 Å². The number of hydrogen-bond acceptors (Lipinski definition) is 1. The number of rotatable bonds is 3. The molecule has 1 nitrogen and oxygen atoms in total. The number of nitrogens with one attached hydrogen (secondary N) is 1. The Morgan fingerprint density at radius 2 is 1.84 bits per heavy atom. The van der Waals surface area contributed by atoms with Gasteiger partial charge in [-0.3, -0.25) is 0 Å². The van der Waals surface area contributed by atoms with Gasteiger partial charge in [-0.05, 0) is 48.7 Å². The van der Waals surface area contributed by atoms with Gasteiger partial charge in [0.25, 0.3) is 0 Å². The van der Waals surface area contributed by atoms with Gasteiger partial charge in [0.2, 0.25) is 0 Å². The maximum atomic E-state index is 13.3. The Bertz CT molecular complexity index is 590. The molecule has 0 spiro atoms. The highest BCUT2D eigenvalue weighted by Gasteiger charge is 2.06. The van der Waals surface area contributed by atoms with Crippen LogP contribution in [-0.2, 0) is 6.54 Å². The van der Waals surface area contributed by atoms with E-state index in [1.807, 2.05) is 32.0 Å². The van der Waals surface area contributed by atoms with E-state index >= 15 is 0 Å². The molecule has 19 heavy (non-hydrogen) atoms. The normalized spacial score (nSPS) is 10.6. The first-order valence-electron chi connectivity index (χ1n) is 5.92. The third-order valence-corrected chi connectivity index (χ3v) is 4.63. The van der Waals surface area contributed by atoms with Crippen molar-refractivity contribution in [2.75, 3.05) is 5.32 Å². The molecule has 2 aromatic carbocycles. The van der Waals surface area contributed by atoms with Crippen molar-refractivity contribution < 1.29 is 4.39 Å². The van der Waals surface area contributed by atoms with Crippen molar-refractivity contribution in [3.8, 4) is 0 Å². The van der Waals surface area contributed by atoms with Crippen LogP contribution in [-0.4, -0.2) is 0 Å². The molecule has 0 fully saturated rings. The van der Waals surface area contributed by atoms with Crippen LogP contribution >= 0.6 is 27.5 Å². The molecule has 4 heteroatoms. The molecule has 0 atom stereocenters. The van der Waals surface area contributed by atoms with E-state index in [4.69, 9.17) is 11.6 Å². The topological polar surface area (TPSA) is 12.0 Å². The highest BCUT2D eigenvalue weighted by molar-refractivity contribution is 9.10. The van der Waals surface area contributed by atoms with E-state index in [-0.39, 0.29) is 10.8 Å². The van der Waals surface area contributed by atoms with Crippen LogP contribution in [0.15, 0.2) is 34.8 Å². The minimum absolute atomic E-state index is 0.181. The van der Waals surface area contributed by atoms with Gasteiger partial charge in [-0.15, -0.1) is 0 Å². The monoisotopic (exact) mass is 341 g/mol. The van der Waals surface area contributed by atoms with E-state index in [0.29, 0.717) is 6.54 Å². The van der Waals surface area contributed by atoms with Crippen LogP contribution in [0, 0.1) is 19.7 Å². The first kappa shape index (κ1) is 14.4. The van der Waals surface area contributed by atoms with Crippen LogP contribution in [0.25, 0.3) is 0 Å². The number of aryl methyl sites for hydroxylation is 2. The molecule has 0 aliphatic heterocycles. The second kappa shape index (κ2) is 5.93. The Kier molecular flexibility index (Phi) is 4.48. The first-order valence-corrected chi connectivity index (χ1v) is 7.09. The van der Waals surface area contributed by atoms with Crippen molar-refractivity contribution in [2.24, 2.45) is 0 Å². The van der Waals surface area contributed by atoms with E-state index in [2.05, 4.69) is 21.2 Å². The summed E-state index contributed by atoms with van der Waals surface area (Å²) >= 11 is 9.46. The van der Waals surface area contributed by atoms with Gasteiger partial charge in [-0.2, -0.15) is 0 Å². The Balaban J connectivity index is 2.17. The van der Waals surface area contributed by atoms with Gasteiger partial charge in [-0.1, -0.05) is 39.7 Å². The van der Waals surface area contributed by atoms with Crippen molar-refractivity contribution >= 4 is 33.2 Å². The summed E-state index contributed by atoms with van der Waals surface area (Å²) in [7, 11) is 0. The average Bonchev–Trinajstić information content (AvgIpc) is 2.37. The lowest BCUT2D eigenvalue weighted by atomic mass is 10.1. The van der Waals surface area contributed by atoms with E-state index in [1.54, 1.807) is 6.07 Å². The Morgan fingerprint density at radius 3 is 2.47 bits per heavy atom. The molecule has 0 saturated carbocycles. The van der Waals surface area contributed by atoms with Gasteiger partial charge >= 0.3 is 0 Å². The van der Waals surface area contributed by atoms with Crippen molar-refractivity contribution in [1.29, 1.82) is 0 Å². The van der Waals surface area contributed by atoms with Crippen molar-refractivity contribution in [1.82, 2.24) is 0 Å². The van der Waals surface area contributed by atoms with Gasteiger partial charge in [0.05, 0.1) is 5.02 Å². The average molecular weight is 343 g/mol. The minimum Gasteiger partial charge on any atom is -0.381 e. The van der Waals surface area contributed by atoms with Gasteiger partial charge in [0.1, 0.15) is 5.82 Å². The molecule has 0 bridgehead atoms. The van der Waals surface area contributed by atoms with Crippen LogP contribution in [0.2, 0.25) is 5.02 Å². The molecular formula is C15H14BrClFN. The molecule has 100 valence electrons. The molecule has 0 aromatic heterocycles. The highest BCUT2D eigenvalue weighted by atomic mass is 79.9. The fraction of sp³-hybridized carbons (Fsp3) is 0.200. The summed E-state index contributed by atoms with van der Waals surface area (Å²) in [5.74, 6) is -0.385. The summed E-state index contributed by atoms with van der Waals surface area (Å²) in [5, 5.41) is 3.45. The zero-order valence-electron chi connectivity index (χ0n) is 10.7. The largest absolute Gasteiger partial charge is 0.381 e. The van der Waals surface area contributed by atoms with Crippen LogP contribution in [0.3, 0.4) is 0 Å². The fourth-order valence-electron chi connectivity index (χ4n) is 1.93. The maximum Gasteiger partial charge on any atom is 0.142 e. The van der Waals surface area contributed by atoms with Crippen LogP contribution in [0.4, 0.5) is 10.1 Å². The molecule has 0 aliphatic carbocycles. The molecule has 2 rings (SSSR count). The molecule has 0 amide bonds. The summed E-state index contributed by atoms with van der Waals surface area (Å²) in [6.45, 7) is 4.58. The third kappa shape index (κ3) is 3.28.